The molecule has 1 aromatic heterocycles. The highest BCUT2D eigenvalue weighted by atomic mass is 32.2. The van der Waals surface area contributed by atoms with Crippen molar-refractivity contribution in [3.63, 3.8) is 0 Å². The summed E-state index contributed by atoms with van der Waals surface area (Å²) in [4.78, 5) is 13.4. The molecule has 2 rings (SSSR count). The number of hydrogen-bond acceptors (Lipinski definition) is 5. The van der Waals surface area contributed by atoms with E-state index in [1.54, 1.807) is 23.3 Å². The summed E-state index contributed by atoms with van der Waals surface area (Å²) in [5, 5.41) is 1.28. The highest BCUT2D eigenvalue weighted by molar-refractivity contribution is 7.94. The van der Waals surface area contributed by atoms with Crippen LogP contribution < -0.4 is 0 Å². The van der Waals surface area contributed by atoms with Gasteiger partial charge in [-0.25, -0.2) is 13.2 Å². The molecule has 0 saturated carbocycles. The number of rotatable bonds is 2. The lowest BCUT2D eigenvalue weighted by Crippen LogP contribution is -2.40. The van der Waals surface area contributed by atoms with Crippen molar-refractivity contribution in [3.05, 3.63) is 17.0 Å². The third-order valence-corrected chi connectivity index (χ3v) is 7.20. The van der Waals surface area contributed by atoms with E-state index in [1.165, 1.54) is 18.4 Å². The maximum Gasteiger partial charge on any atom is 0.409 e. The molecule has 1 aliphatic heterocycles. The lowest BCUT2D eigenvalue weighted by atomic mass is 10.0. The van der Waals surface area contributed by atoms with E-state index < -0.39 is 21.2 Å². The molecule has 1 aromatic rings. The number of thiophene rings is 1. The predicted molar refractivity (Wildman–Crippen MR) is 73.1 cm³/mol. The highest BCUT2D eigenvalue weighted by Gasteiger charge is 2.40. The normalized spacial score (nSPS) is 24.6. The first-order chi connectivity index (χ1) is 8.93. The van der Waals surface area contributed by atoms with E-state index >= 15 is 0 Å². The van der Waals surface area contributed by atoms with Crippen LogP contribution in [0.2, 0.25) is 0 Å². The smallest absolute Gasteiger partial charge is 0.409 e. The van der Waals surface area contributed by atoms with Crippen molar-refractivity contribution in [2.45, 2.75) is 35.8 Å². The minimum absolute atomic E-state index is 0.225. The van der Waals surface area contributed by atoms with Crippen LogP contribution in [-0.4, -0.2) is 38.3 Å². The minimum atomic E-state index is -3.24. The lowest BCUT2D eigenvalue weighted by molar-refractivity contribution is 0.104. The van der Waals surface area contributed by atoms with E-state index in [4.69, 9.17) is 4.74 Å². The van der Waals surface area contributed by atoms with Crippen molar-refractivity contribution in [3.8, 4) is 0 Å². The molecule has 0 unspecified atom stereocenters. The molecule has 7 heteroatoms. The van der Waals surface area contributed by atoms with Crippen molar-refractivity contribution < 1.29 is 17.9 Å². The van der Waals surface area contributed by atoms with Gasteiger partial charge >= 0.3 is 6.09 Å². The van der Waals surface area contributed by atoms with Gasteiger partial charge in [0.05, 0.1) is 18.4 Å². The van der Waals surface area contributed by atoms with E-state index in [0.29, 0.717) is 17.2 Å². The second kappa shape index (κ2) is 5.13. The summed E-state index contributed by atoms with van der Waals surface area (Å²) in [6.45, 7) is 4.03. The van der Waals surface area contributed by atoms with Crippen molar-refractivity contribution in [1.82, 2.24) is 4.90 Å². The molecule has 5 nitrogen and oxygen atoms in total. The number of hydrogen-bond donors (Lipinski definition) is 0. The standard InChI is InChI=1S/C12H17NO4S2/c1-4-13(12(14)17-3)10-7-8(2)19(15,16)11-9(10)5-6-18-11/h5-6,8,10H,4,7H2,1-3H3/t8-,10-/m0/s1. The predicted octanol–water partition coefficient (Wildman–Crippen LogP) is 2.44. The zero-order valence-electron chi connectivity index (χ0n) is 11.1. The maximum atomic E-state index is 12.2. The molecule has 1 aliphatic rings. The highest BCUT2D eigenvalue weighted by Crippen LogP contribution is 2.42. The average molecular weight is 303 g/mol. The zero-order valence-corrected chi connectivity index (χ0v) is 12.8. The van der Waals surface area contributed by atoms with Crippen LogP contribution >= 0.6 is 11.3 Å². The Kier molecular flexibility index (Phi) is 3.87. The number of sulfone groups is 1. The molecular weight excluding hydrogens is 286 g/mol. The third-order valence-electron chi connectivity index (χ3n) is 3.49. The average Bonchev–Trinajstić information content (AvgIpc) is 2.86. The number of carbonyl (C=O) groups is 1. The van der Waals surface area contributed by atoms with Crippen LogP contribution in [0, 0.1) is 0 Å². The fourth-order valence-corrected chi connectivity index (χ4v) is 5.63. The van der Waals surface area contributed by atoms with Crippen LogP contribution in [0.3, 0.4) is 0 Å². The molecular formula is C12H17NO4S2. The second-order valence-corrected chi connectivity index (χ2v) is 8.00. The van der Waals surface area contributed by atoms with Crippen molar-refractivity contribution in [2.75, 3.05) is 13.7 Å². The lowest BCUT2D eigenvalue weighted by Gasteiger charge is -2.34. The van der Waals surface area contributed by atoms with Gasteiger partial charge in [-0.3, -0.25) is 0 Å². The third kappa shape index (κ3) is 2.25. The summed E-state index contributed by atoms with van der Waals surface area (Å²) >= 11 is 1.22. The molecule has 0 bridgehead atoms. The van der Waals surface area contributed by atoms with Crippen LogP contribution in [0.25, 0.3) is 0 Å². The quantitative estimate of drug-likeness (QED) is 0.842. The Morgan fingerprint density at radius 2 is 2.26 bits per heavy atom. The summed E-state index contributed by atoms with van der Waals surface area (Å²) in [6.07, 6.45) is -0.00852. The molecule has 19 heavy (non-hydrogen) atoms. The van der Waals surface area contributed by atoms with Crippen LogP contribution in [0.1, 0.15) is 31.9 Å². The van der Waals surface area contributed by atoms with Crippen LogP contribution in [0.15, 0.2) is 15.7 Å². The molecule has 0 N–H and O–H groups in total. The van der Waals surface area contributed by atoms with Gasteiger partial charge in [-0.15, -0.1) is 11.3 Å². The van der Waals surface area contributed by atoms with Gasteiger partial charge in [0.25, 0.3) is 0 Å². The van der Waals surface area contributed by atoms with Gasteiger partial charge in [-0.1, -0.05) is 0 Å². The fraction of sp³-hybridized carbons (Fsp3) is 0.583. The van der Waals surface area contributed by atoms with Crippen molar-refractivity contribution in [1.29, 1.82) is 0 Å². The molecule has 0 aliphatic carbocycles. The largest absolute Gasteiger partial charge is 0.453 e. The number of amides is 1. The molecule has 0 fully saturated rings. The molecule has 2 heterocycles. The molecule has 106 valence electrons. The van der Waals surface area contributed by atoms with Crippen LogP contribution in [-0.2, 0) is 14.6 Å². The van der Waals surface area contributed by atoms with E-state index in [9.17, 15) is 13.2 Å². The van der Waals surface area contributed by atoms with E-state index in [1.807, 2.05) is 6.92 Å². The van der Waals surface area contributed by atoms with E-state index in [-0.39, 0.29) is 6.04 Å². The van der Waals surface area contributed by atoms with Crippen molar-refractivity contribution >= 4 is 27.3 Å². The van der Waals surface area contributed by atoms with E-state index in [2.05, 4.69) is 0 Å². The summed E-state index contributed by atoms with van der Waals surface area (Å²) in [5.41, 5.74) is 0.718. The Morgan fingerprint density at radius 1 is 1.58 bits per heavy atom. The SMILES string of the molecule is CCN(C(=O)OC)[C@H]1C[C@H](C)S(=O)(=O)c2sccc21. The first-order valence-electron chi connectivity index (χ1n) is 6.09. The number of fused-ring (bicyclic) bond motifs is 1. The minimum Gasteiger partial charge on any atom is -0.453 e. The summed E-state index contributed by atoms with van der Waals surface area (Å²) in [6, 6.07) is 1.57. The van der Waals surface area contributed by atoms with Gasteiger partial charge < -0.3 is 9.64 Å². The Hall–Kier alpha value is -1.08. The van der Waals surface area contributed by atoms with Crippen LogP contribution in [0.4, 0.5) is 4.79 Å². The number of ether oxygens (including phenoxy) is 1. The Morgan fingerprint density at radius 3 is 2.84 bits per heavy atom. The maximum absolute atomic E-state index is 12.2. The van der Waals surface area contributed by atoms with Gasteiger partial charge in [-0.2, -0.15) is 0 Å². The summed E-state index contributed by atoms with van der Waals surface area (Å²) < 4.78 is 29.6. The molecule has 0 radical (unpaired) electrons. The van der Waals surface area contributed by atoms with Gasteiger partial charge in [-0.05, 0) is 31.7 Å². The first-order valence-corrected chi connectivity index (χ1v) is 8.52. The monoisotopic (exact) mass is 303 g/mol. The van der Waals surface area contributed by atoms with Gasteiger partial charge in [0.2, 0.25) is 0 Å². The van der Waals surface area contributed by atoms with Gasteiger partial charge in [0.15, 0.2) is 9.84 Å². The number of methoxy groups -OCH3 is 1. The number of nitrogens with zero attached hydrogens (tertiary/aromatic N) is 1. The Bertz CT molecular complexity index is 578. The fourth-order valence-electron chi connectivity index (χ4n) is 2.42. The molecule has 0 spiro atoms. The Balaban J connectivity index is 2.48. The summed E-state index contributed by atoms with van der Waals surface area (Å²) in [5.74, 6) is 0. The Labute approximate surface area is 117 Å². The van der Waals surface area contributed by atoms with Gasteiger partial charge in [0.1, 0.15) is 4.21 Å². The first kappa shape index (κ1) is 14.3. The zero-order chi connectivity index (χ0) is 14.2. The van der Waals surface area contributed by atoms with Gasteiger partial charge in [0, 0.05) is 12.1 Å². The molecule has 2 atom stereocenters. The van der Waals surface area contributed by atoms with Crippen LogP contribution in [0.5, 0.6) is 0 Å². The molecule has 1 amide bonds. The van der Waals surface area contributed by atoms with E-state index in [0.717, 1.165) is 5.56 Å². The molecule has 0 saturated heterocycles. The number of carbonyl (C=O) groups excluding carboxylic acids is 1. The summed E-state index contributed by atoms with van der Waals surface area (Å²) in [7, 11) is -1.91. The topological polar surface area (TPSA) is 63.7 Å². The molecule has 0 aromatic carbocycles. The van der Waals surface area contributed by atoms with Crippen molar-refractivity contribution in [2.24, 2.45) is 0 Å². The second-order valence-electron chi connectivity index (χ2n) is 4.53.